The predicted molar refractivity (Wildman–Crippen MR) is 65.8 cm³/mol. The molecule has 1 fully saturated rings. The molecule has 1 aromatic carbocycles. The smallest absolute Gasteiger partial charge is 0.235 e. The number of nitrogens with one attached hydrogen (secondary N) is 1. The van der Waals surface area contributed by atoms with Crippen molar-refractivity contribution in [1.29, 1.82) is 0 Å². The standard InChI is InChI=1S/C12H13Cl2NO/c13-8-11(16)15-12(6-1-7-12)9-2-4-10(14)5-3-9/h2-5H,1,6-8H2,(H,15,16). The Morgan fingerprint density at radius 1 is 1.31 bits per heavy atom. The van der Waals surface area contributed by atoms with E-state index in [4.69, 9.17) is 23.2 Å². The van der Waals surface area contributed by atoms with Crippen LogP contribution in [0.4, 0.5) is 0 Å². The molecule has 1 saturated carbocycles. The lowest BCUT2D eigenvalue weighted by Crippen LogP contribution is -2.51. The average molecular weight is 258 g/mol. The quantitative estimate of drug-likeness (QED) is 0.829. The monoisotopic (exact) mass is 257 g/mol. The van der Waals surface area contributed by atoms with Gasteiger partial charge in [0.1, 0.15) is 5.88 Å². The minimum atomic E-state index is -0.212. The number of halogens is 2. The van der Waals surface area contributed by atoms with Crippen molar-refractivity contribution in [2.45, 2.75) is 24.8 Å². The highest BCUT2D eigenvalue weighted by atomic mass is 35.5. The van der Waals surface area contributed by atoms with Crippen LogP contribution in [0.25, 0.3) is 0 Å². The van der Waals surface area contributed by atoms with E-state index < -0.39 is 0 Å². The molecule has 0 bridgehead atoms. The second kappa shape index (κ2) is 4.64. The van der Waals surface area contributed by atoms with Crippen LogP contribution in [0.1, 0.15) is 24.8 Å². The van der Waals surface area contributed by atoms with Gasteiger partial charge in [-0.05, 0) is 37.0 Å². The fraction of sp³-hybridized carbons (Fsp3) is 0.417. The molecule has 0 aromatic heterocycles. The lowest BCUT2D eigenvalue weighted by atomic mass is 9.72. The molecule has 0 saturated heterocycles. The van der Waals surface area contributed by atoms with Gasteiger partial charge in [-0.1, -0.05) is 23.7 Å². The van der Waals surface area contributed by atoms with Crippen LogP contribution in [-0.2, 0) is 10.3 Å². The number of amides is 1. The molecule has 0 spiro atoms. The Balaban J connectivity index is 2.21. The molecule has 86 valence electrons. The number of rotatable bonds is 3. The zero-order valence-electron chi connectivity index (χ0n) is 8.80. The molecule has 0 radical (unpaired) electrons. The molecule has 16 heavy (non-hydrogen) atoms. The van der Waals surface area contributed by atoms with Gasteiger partial charge in [0, 0.05) is 5.02 Å². The van der Waals surface area contributed by atoms with Crippen LogP contribution in [0.5, 0.6) is 0 Å². The van der Waals surface area contributed by atoms with Crippen molar-refractivity contribution in [1.82, 2.24) is 5.32 Å². The van der Waals surface area contributed by atoms with Crippen LogP contribution >= 0.6 is 23.2 Å². The van der Waals surface area contributed by atoms with Crippen molar-refractivity contribution >= 4 is 29.1 Å². The van der Waals surface area contributed by atoms with Gasteiger partial charge in [-0.3, -0.25) is 4.79 Å². The molecule has 2 nitrogen and oxygen atoms in total. The van der Waals surface area contributed by atoms with Crippen LogP contribution < -0.4 is 5.32 Å². The number of carbonyl (C=O) groups is 1. The van der Waals surface area contributed by atoms with Crippen LogP contribution in [0.15, 0.2) is 24.3 Å². The first-order valence-corrected chi connectivity index (χ1v) is 6.20. The number of hydrogen-bond donors (Lipinski definition) is 1. The zero-order chi connectivity index (χ0) is 11.6. The van der Waals surface area contributed by atoms with Crippen LogP contribution in [0, 0.1) is 0 Å². The first kappa shape index (κ1) is 11.7. The van der Waals surface area contributed by atoms with Gasteiger partial charge in [0.15, 0.2) is 0 Å². The van der Waals surface area contributed by atoms with Crippen molar-refractivity contribution in [2.24, 2.45) is 0 Å². The largest absolute Gasteiger partial charge is 0.346 e. The summed E-state index contributed by atoms with van der Waals surface area (Å²) in [6.45, 7) is 0. The second-order valence-corrected chi connectivity index (χ2v) is 4.83. The molecule has 1 aliphatic carbocycles. The van der Waals surface area contributed by atoms with E-state index in [9.17, 15) is 4.79 Å². The molecular weight excluding hydrogens is 245 g/mol. The highest BCUT2D eigenvalue weighted by Gasteiger charge is 2.39. The second-order valence-electron chi connectivity index (χ2n) is 4.12. The van der Waals surface area contributed by atoms with Crippen molar-refractivity contribution in [3.8, 4) is 0 Å². The molecule has 1 aliphatic rings. The average Bonchev–Trinajstić information content (AvgIpc) is 2.24. The van der Waals surface area contributed by atoms with Gasteiger partial charge in [0.2, 0.25) is 5.91 Å². The van der Waals surface area contributed by atoms with Crippen LogP contribution in [0.2, 0.25) is 5.02 Å². The molecule has 1 N–H and O–H groups in total. The van der Waals surface area contributed by atoms with E-state index >= 15 is 0 Å². The van der Waals surface area contributed by atoms with Crippen molar-refractivity contribution in [3.05, 3.63) is 34.9 Å². The normalized spacial score (nSPS) is 17.6. The molecule has 2 rings (SSSR count). The SMILES string of the molecule is O=C(CCl)NC1(c2ccc(Cl)cc2)CCC1. The minimum Gasteiger partial charge on any atom is -0.346 e. The van der Waals surface area contributed by atoms with Crippen LogP contribution in [-0.4, -0.2) is 11.8 Å². The Morgan fingerprint density at radius 3 is 2.38 bits per heavy atom. The number of carbonyl (C=O) groups excluding carboxylic acids is 1. The van der Waals surface area contributed by atoms with E-state index in [-0.39, 0.29) is 17.3 Å². The molecule has 0 unspecified atom stereocenters. The Bertz CT molecular complexity index is 385. The zero-order valence-corrected chi connectivity index (χ0v) is 10.3. The lowest BCUT2D eigenvalue weighted by molar-refractivity contribution is -0.121. The molecular formula is C12H13Cl2NO. The highest BCUT2D eigenvalue weighted by Crippen LogP contribution is 2.41. The van der Waals surface area contributed by atoms with E-state index in [2.05, 4.69) is 5.32 Å². The summed E-state index contributed by atoms with van der Waals surface area (Å²) in [4.78, 5) is 11.4. The molecule has 1 amide bonds. The van der Waals surface area contributed by atoms with E-state index in [1.54, 1.807) is 0 Å². The number of benzene rings is 1. The van der Waals surface area contributed by atoms with E-state index in [1.807, 2.05) is 24.3 Å². The Hall–Kier alpha value is -0.730. The fourth-order valence-corrected chi connectivity index (χ4v) is 2.28. The highest BCUT2D eigenvalue weighted by molar-refractivity contribution is 6.30. The van der Waals surface area contributed by atoms with Gasteiger partial charge in [-0.2, -0.15) is 0 Å². The summed E-state index contributed by atoms with van der Waals surface area (Å²) in [7, 11) is 0. The summed E-state index contributed by atoms with van der Waals surface area (Å²) in [6.07, 6.45) is 3.07. The Labute approximate surface area is 105 Å². The molecule has 0 atom stereocenters. The first-order chi connectivity index (χ1) is 7.66. The first-order valence-electron chi connectivity index (χ1n) is 5.29. The topological polar surface area (TPSA) is 29.1 Å². The minimum absolute atomic E-state index is 0.00927. The summed E-state index contributed by atoms with van der Waals surface area (Å²) in [5.74, 6) is -0.105. The van der Waals surface area contributed by atoms with Gasteiger partial charge >= 0.3 is 0 Å². The summed E-state index contributed by atoms with van der Waals surface area (Å²) in [6, 6.07) is 7.64. The van der Waals surface area contributed by atoms with E-state index in [0.29, 0.717) is 5.02 Å². The maximum atomic E-state index is 11.4. The number of hydrogen-bond acceptors (Lipinski definition) is 1. The van der Waals surface area contributed by atoms with Crippen molar-refractivity contribution < 1.29 is 4.79 Å². The molecule has 0 aliphatic heterocycles. The lowest BCUT2D eigenvalue weighted by Gasteiger charge is -2.43. The Kier molecular flexibility index (Phi) is 3.41. The Morgan fingerprint density at radius 2 is 1.94 bits per heavy atom. The third kappa shape index (κ3) is 2.18. The van der Waals surface area contributed by atoms with Crippen molar-refractivity contribution in [2.75, 3.05) is 5.88 Å². The van der Waals surface area contributed by atoms with E-state index in [0.717, 1.165) is 24.8 Å². The summed E-state index contributed by atoms with van der Waals surface area (Å²) in [5, 5.41) is 3.71. The molecule has 4 heteroatoms. The van der Waals surface area contributed by atoms with Gasteiger partial charge in [0.05, 0.1) is 5.54 Å². The van der Waals surface area contributed by atoms with Gasteiger partial charge < -0.3 is 5.32 Å². The molecule has 0 heterocycles. The van der Waals surface area contributed by atoms with Gasteiger partial charge in [-0.25, -0.2) is 0 Å². The number of alkyl halides is 1. The summed E-state index contributed by atoms with van der Waals surface area (Å²) in [5.41, 5.74) is 0.901. The maximum absolute atomic E-state index is 11.4. The van der Waals surface area contributed by atoms with E-state index in [1.165, 1.54) is 0 Å². The predicted octanol–water partition coefficient (Wildman–Crippen LogP) is 3.07. The fourth-order valence-electron chi connectivity index (χ4n) is 2.09. The van der Waals surface area contributed by atoms with Gasteiger partial charge in [-0.15, -0.1) is 11.6 Å². The van der Waals surface area contributed by atoms with Gasteiger partial charge in [0.25, 0.3) is 0 Å². The third-order valence-electron chi connectivity index (χ3n) is 3.10. The summed E-state index contributed by atoms with van der Waals surface area (Å²) < 4.78 is 0. The molecule has 1 aromatic rings. The third-order valence-corrected chi connectivity index (χ3v) is 3.60. The summed E-state index contributed by atoms with van der Waals surface area (Å²) >= 11 is 11.4. The van der Waals surface area contributed by atoms with Crippen LogP contribution in [0.3, 0.4) is 0 Å². The maximum Gasteiger partial charge on any atom is 0.235 e. The van der Waals surface area contributed by atoms with Crippen molar-refractivity contribution in [3.63, 3.8) is 0 Å².